The van der Waals surface area contributed by atoms with Gasteiger partial charge in [0.1, 0.15) is 0 Å². The molecule has 0 spiro atoms. The van der Waals surface area contributed by atoms with Crippen LogP contribution in [0.5, 0.6) is 0 Å². The van der Waals surface area contributed by atoms with Crippen LogP contribution in [0.4, 0.5) is 0 Å². The van der Waals surface area contributed by atoms with Crippen LogP contribution in [0.3, 0.4) is 0 Å². The molecule has 70 valence electrons. The predicted octanol–water partition coefficient (Wildman–Crippen LogP) is 3.16. The molecule has 0 radical (unpaired) electrons. The summed E-state index contributed by atoms with van der Waals surface area (Å²) in [4.78, 5) is 0. The van der Waals surface area contributed by atoms with Crippen LogP contribution in [0.15, 0.2) is 12.2 Å². The number of allylic oxidation sites excluding steroid dienone is 2. The fourth-order valence-corrected chi connectivity index (χ4v) is 1.38. The second-order valence-electron chi connectivity index (χ2n) is 4.57. The van der Waals surface area contributed by atoms with Crippen molar-refractivity contribution in [2.24, 2.45) is 5.92 Å². The second kappa shape index (κ2) is 4.08. The average Bonchev–Trinajstić information content (AvgIpc) is 2.02. The van der Waals surface area contributed by atoms with E-state index in [1.807, 2.05) is 0 Å². The Balaban J connectivity index is 2.19. The second-order valence-corrected chi connectivity index (χ2v) is 4.57. The lowest BCUT2D eigenvalue weighted by molar-refractivity contribution is -0.0234. The summed E-state index contributed by atoms with van der Waals surface area (Å²) in [5, 5.41) is 0. The molecule has 0 bridgehead atoms. The van der Waals surface area contributed by atoms with Crippen molar-refractivity contribution in [1.29, 1.82) is 0 Å². The van der Waals surface area contributed by atoms with Gasteiger partial charge in [-0.3, -0.25) is 0 Å². The monoisotopic (exact) mass is 168 g/mol. The van der Waals surface area contributed by atoms with Crippen LogP contribution in [0.25, 0.3) is 0 Å². The maximum Gasteiger partial charge on any atom is 0.0598 e. The Morgan fingerprint density at radius 3 is 2.58 bits per heavy atom. The summed E-state index contributed by atoms with van der Waals surface area (Å²) in [6.45, 7) is 7.27. The Labute approximate surface area is 75.8 Å². The Hall–Kier alpha value is -0.300. The van der Waals surface area contributed by atoms with Crippen LogP contribution in [0.1, 0.15) is 40.0 Å². The molecule has 0 aromatic carbocycles. The molecule has 0 amide bonds. The zero-order chi connectivity index (χ0) is 9.03. The van der Waals surface area contributed by atoms with Crippen molar-refractivity contribution in [1.82, 2.24) is 0 Å². The van der Waals surface area contributed by atoms with E-state index < -0.39 is 0 Å². The van der Waals surface area contributed by atoms with E-state index in [1.165, 1.54) is 19.3 Å². The molecule has 1 rings (SSSR count). The smallest absolute Gasteiger partial charge is 0.0598 e. The van der Waals surface area contributed by atoms with Crippen LogP contribution >= 0.6 is 0 Å². The van der Waals surface area contributed by atoms with Crippen molar-refractivity contribution in [3.63, 3.8) is 0 Å². The van der Waals surface area contributed by atoms with Gasteiger partial charge in [-0.15, -0.1) is 0 Å². The number of ether oxygens (including phenoxy) is 1. The van der Waals surface area contributed by atoms with Gasteiger partial charge in [0, 0.05) is 0 Å². The fraction of sp³-hybridized carbons (Fsp3) is 0.818. The van der Waals surface area contributed by atoms with Crippen molar-refractivity contribution in [3.8, 4) is 0 Å². The predicted molar refractivity (Wildman–Crippen MR) is 52.2 cm³/mol. The van der Waals surface area contributed by atoms with E-state index in [2.05, 4.69) is 32.9 Å². The Kier molecular flexibility index (Phi) is 3.33. The fourth-order valence-electron chi connectivity index (χ4n) is 1.38. The standard InChI is InChI=1S/C11H20O/c1-11(2,3)12-9-10-7-5-4-6-8-10/h4-5,10H,6-9H2,1-3H3. The van der Waals surface area contributed by atoms with Gasteiger partial charge in [-0.05, 0) is 46.0 Å². The van der Waals surface area contributed by atoms with Gasteiger partial charge in [0.2, 0.25) is 0 Å². The molecule has 1 unspecified atom stereocenters. The molecule has 0 heterocycles. The van der Waals surface area contributed by atoms with Crippen LogP contribution in [-0.2, 0) is 4.74 Å². The average molecular weight is 168 g/mol. The highest BCUT2D eigenvalue weighted by atomic mass is 16.5. The lowest BCUT2D eigenvalue weighted by Gasteiger charge is -2.24. The maximum atomic E-state index is 5.73. The van der Waals surface area contributed by atoms with Crippen molar-refractivity contribution >= 4 is 0 Å². The third-order valence-electron chi connectivity index (χ3n) is 2.13. The minimum Gasteiger partial charge on any atom is -0.376 e. The van der Waals surface area contributed by atoms with Gasteiger partial charge < -0.3 is 4.74 Å². The lowest BCUT2D eigenvalue weighted by Crippen LogP contribution is -2.23. The molecule has 0 aliphatic heterocycles. The molecular weight excluding hydrogens is 148 g/mol. The highest BCUT2D eigenvalue weighted by Crippen LogP contribution is 2.20. The van der Waals surface area contributed by atoms with Gasteiger partial charge >= 0.3 is 0 Å². The first-order valence-electron chi connectivity index (χ1n) is 4.87. The molecule has 12 heavy (non-hydrogen) atoms. The third kappa shape index (κ3) is 3.91. The normalized spacial score (nSPS) is 24.4. The zero-order valence-corrected chi connectivity index (χ0v) is 8.47. The molecule has 1 nitrogen and oxygen atoms in total. The molecule has 0 aromatic rings. The first kappa shape index (κ1) is 9.79. The summed E-state index contributed by atoms with van der Waals surface area (Å²) in [7, 11) is 0. The van der Waals surface area contributed by atoms with Gasteiger partial charge in [-0.1, -0.05) is 12.2 Å². The van der Waals surface area contributed by atoms with E-state index in [-0.39, 0.29) is 5.60 Å². The van der Waals surface area contributed by atoms with Gasteiger partial charge in [0.25, 0.3) is 0 Å². The first-order chi connectivity index (χ1) is 5.58. The van der Waals surface area contributed by atoms with E-state index in [0.717, 1.165) is 12.5 Å². The summed E-state index contributed by atoms with van der Waals surface area (Å²) >= 11 is 0. The van der Waals surface area contributed by atoms with Crippen molar-refractivity contribution in [2.45, 2.75) is 45.6 Å². The Bertz CT molecular complexity index is 153. The van der Waals surface area contributed by atoms with Gasteiger partial charge in [0.15, 0.2) is 0 Å². The number of hydrogen-bond donors (Lipinski definition) is 0. The quantitative estimate of drug-likeness (QED) is 0.575. The lowest BCUT2D eigenvalue weighted by atomic mass is 9.95. The van der Waals surface area contributed by atoms with Gasteiger partial charge in [-0.25, -0.2) is 0 Å². The van der Waals surface area contributed by atoms with E-state index in [9.17, 15) is 0 Å². The molecule has 0 aromatic heterocycles. The van der Waals surface area contributed by atoms with E-state index in [1.54, 1.807) is 0 Å². The SMILES string of the molecule is CC(C)(C)OCC1CC=CCC1. The minimum atomic E-state index is 0.0289. The van der Waals surface area contributed by atoms with Gasteiger partial charge in [0.05, 0.1) is 12.2 Å². The molecular formula is C11H20O. The molecule has 1 aliphatic rings. The molecule has 1 heteroatoms. The summed E-state index contributed by atoms with van der Waals surface area (Å²) < 4.78 is 5.73. The summed E-state index contributed by atoms with van der Waals surface area (Å²) in [5.41, 5.74) is 0.0289. The van der Waals surface area contributed by atoms with Crippen LogP contribution in [0, 0.1) is 5.92 Å². The molecule has 0 saturated heterocycles. The van der Waals surface area contributed by atoms with Crippen molar-refractivity contribution in [2.75, 3.05) is 6.61 Å². The Morgan fingerprint density at radius 1 is 1.33 bits per heavy atom. The van der Waals surface area contributed by atoms with Crippen LogP contribution in [0.2, 0.25) is 0 Å². The molecule has 0 fully saturated rings. The summed E-state index contributed by atoms with van der Waals surface area (Å²) in [5.74, 6) is 0.759. The van der Waals surface area contributed by atoms with Crippen molar-refractivity contribution in [3.05, 3.63) is 12.2 Å². The van der Waals surface area contributed by atoms with Crippen LogP contribution in [-0.4, -0.2) is 12.2 Å². The largest absolute Gasteiger partial charge is 0.376 e. The molecule has 1 atom stereocenters. The minimum absolute atomic E-state index is 0.0289. The first-order valence-corrected chi connectivity index (χ1v) is 4.87. The highest BCUT2D eigenvalue weighted by molar-refractivity contribution is 4.90. The maximum absolute atomic E-state index is 5.73. The van der Waals surface area contributed by atoms with E-state index in [4.69, 9.17) is 4.74 Å². The summed E-state index contributed by atoms with van der Waals surface area (Å²) in [6, 6.07) is 0. The van der Waals surface area contributed by atoms with E-state index in [0.29, 0.717) is 0 Å². The molecule has 0 N–H and O–H groups in total. The zero-order valence-electron chi connectivity index (χ0n) is 8.47. The summed E-state index contributed by atoms with van der Waals surface area (Å²) in [6.07, 6.45) is 8.29. The molecule has 1 aliphatic carbocycles. The topological polar surface area (TPSA) is 9.23 Å². The number of rotatable bonds is 2. The van der Waals surface area contributed by atoms with Gasteiger partial charge in [-0.2, -0.15) is 0 Å². The molecule has 0 saturated carbocycles. The van der Waals surface area contributed by atoms with E-state index >= 15 is 0 Å². The van der Waals surface area contributed by atoms with Crippen molar-refractivity contribution < 1.29 is 4.74 Å². The Morgan fingerprint density at radius 2 is 2.08 bits per heavy atom. The highest BCUT2D eigenvalue weighted by Gasteiger charge is 2.15. The van der Waals surface area contributed by atoms with Crippen LogP contribution < -0.4 is 0 Å². The third-order valence-corrected chi connectivity index (χ3v) is 2.13. The number of hydrogen-bond acceptors (Lipinski definition) is 1.